The first-order chi connectivity index (χ1) is 9.29. The average molecular weight is 324 g/mol. The second-order valence-electron chi connectivity index (χ2n) is 4.01. The van der Waals surface area contributed by atoms with E-state index in [9.17, 15) is 4.79 Å². The van der Waals surface area contributed by atoms with E-state index in [1.807, 2.05) is 24.3 Å². The van der Waals surface area contributed by atoms with Crippen molar-refractivity contribution in [2.45, 2.75) is 19.3 Å². The maximum atomic E-state index is 11.7. The summed E-state index contributed by atoms with van der Waals surface area (Å²) in [6.07, 6.45) is 2.40. The molecule has 2 N–H and O–H groups in total. The molecule has 0 radical (unpaired) electrons. The van der Waals surface area contributed by atoms with Crippen LogP contribution in [0.2, 0.25) is 0 Å². The van der Waals surface area contributed by atoms with Crippen LogP contribution in [0.1, 0.15) is 19.3 Å². The fraction of sp³-hybridized carbons (Fsp3) is 0.333. The van der Waals surface area contributed by atoms with Gasteiger partial charge in [0.25, 0.3) is 0 Å². The van der Waals surface area contributed by atoms with Crippen LogP contribution >= 0.6 is 15.9 Å². The number of tetrazole rings is 1. The molecule has 0 unspecified atom stereocenters. The predicted octanol–water partition coefficient (Wildman–Crippen LogP) is 2.37. The van der Waals surface area contributed by atoms with Crippen molar-refractivity contribution in [3.63, 3.8) is 0 Å². The van der Waals surface area contributed by atoms with Gasteiger partial charge in [-0.15, -0.1) is 10.2 Å². The highest BCUT2D eigenvalue weighted by molar-refractivity contribution is 9.09. The minimum absolute atomic E-state index is 0.0196. The zero-order chi connectivity index (χ0) is 13.5. The lowest BCUT2D eigenvalue weighted by Gasteiger charge is -2.05. The number of halogens is 1. The Morgan fingerprint density at radius 3 is 3.00 bits per heavy atom. The summed E-state index contributed by atoms with van der Waals surface area (Å²) in [5, 5.41) is 17.5. The standard InChI is InChI=1S/C12H14BrN5O/c13-7-2-1-6-11(19)14-10-5-3-4-9(8-10)12-15-17-18-16-12/h3-5,8H,1-2,6-7H2,(H,14,19)(H,15,16,17,18). The number of aromatic nitrogens is 4. The second-order valence-corrected chi connectivity index (χ2v) is 4.80. The molecule has 19 heavy (non-hydrogen) atoms. The number of H-pyrrole nitrogens is 1. The van der Waals surface area contributed by atoms with Gasteiger partial charge in [-0.25, -0.2) is 0 Å². The van der Waals surface area contributed by atoms with Gasteiger partial charge < -0.3 is 5.32 Å². The van der Waals surface area contributed by atoms with Crippen LogP contribution in [0.4, 0.5) is 5.69 Å². The quantitative estimate of drug-likeness (QED) is 0.631. The van der Waals surface area contributed by atoms with E-state index in [1.165, 1.54) is 0 Å². The number of carbonyl (C=O) groups excluding carboxylic acids is 1. The number of unbranched alkanes of at least 4 members (excludes halogenated alkanes) is 1. The molecule has 100 valence electrons. The molecule has 2 rings (SSSR count). The van der Waals surface area contributed by atoms with Gasteiger partial charge in [0.2, 0.25) is 11.7 Å². The summed E-state index contributed by atoms with van der Waals surface area (Å²) >= 11 is 3.34. The lowest BCUT2D eigenvalue weighted by atomic mass is 10.2. The number of nitrogens with zero attached hydrogens (tertiary/aromatic N) is 3. The van der Waals surface area contributed by atoms with Crippen LogP contribution in [0.3, 0.4) is 0 Å². The van der Waals surface area contributed by atoms with Crippen molar-refractivity contribution in [1.82, 2.24) is 20.6 Å². The predicted molar refractivity (Wildman–Crippen MR) is 75.9 cm³/mol. The summed E-state index contributed by atoms with van der Waals surface area (Å²) in [7, 11) is 0. The Labute approximate surface area is 119 Å². The first-order valence-corrected chi connectivity index (χ1v) is 7.11. The van der Waals surface area contributed by atoms with Gasteiger partial charge in [-0.05, 0) is 30.2 Å². The van der Waals surface area contributed by atoms with Crippen LogP contribution in [0.25, 0.3) is 11.4 Å². The van der Waals surface area contributed by atoms with Crippen LogP contribution in [-0.2, 0) is 4.79 Å². The molecule has 1 heterocycles. The van der Waals surface area contributed by atoms with Crippen LogP contribution in [-0.4, -0.2) is 31.9 Å². The van der Waals surface area contributed by atoms with Gasteiger partial charge in [-0.3, -0.25) is 4.79 Å². The van der Waals surface area contributed by atoms with E-state index in [0.29, 0.717) is 12.2 Å². The van der Waals surface area contributed by atoms with Gasteiger partial charge in [-0.2, -0.15) is 5.21 Å². The lowest BCUT2D eigenvalue weighted by Crippen LogP contribution is -2.11. The number of nitrogens with one attached hydrogen (secondary N) is 2. The molecule has 2 aromatic rings. The van der Waals surface area contributed by atoms with Gasteiger partial charge in [0.1, 0.15) is 0 Å². The molecular weight excluding hydrogens is 310 g/mol. The largest absolute Gasteiger partial charge is 0.326 e. The van der Waals surface area contributed by atoms with Gasteiger partial charge >= 0.3 is 0 Å². The molecule has 0 aliphatic heterocycles. The third-order valence-electron chi connectivity index (χ3n) is 2.54. The summed E-state index contributed by atoms with van der Waals surface area (Å²) in [6.45, 7) is 0. The van der Waals surface area contributed by atoms with Crippen LogP contribution in [0.5, 0.6) is 0 Å². The molecule has 0 aliphatic carbocycles. The van der Waals surface area contributed by atoms with Crippen LogP contribution < -0.4 is 5.32 Å². The van der Waals surface area contributed by atoms with Crippen molar-refractivity contribution in [2.24, 2.45) is 0 Å². The lowest BCUT2D eigenvalue weighted by molar-refractivity contribution is -0.116. The fourth-order valence-corrected chi connectivity index (χ4v) is 2.02. The van der Waals surface area contributed by atoms with Crippen molar-refractivity contribution in [3.05, 3.63) is 24.3 Å². The van der Waals surface area contributed by atoms with E-state index in [2.05, 4.69) is 41.9 Å². The van der Waals surface area contributed by atoms with Crippen LogP contribution in [0, 0.1) is 0 Å². The van der Waals surface area contributed by atoms with Gasteiger partial charge in [0, 0.05) is 23.0 Å². The number of alkyl halides is 1. The number of hydrogen-bond donors (Lipinski definition) is 2. The zero-order valence-electron chi connectivity index (χ0n) is 10.3. The maximum Gasteiger partial charge on any atom is 0.224 e. The Bertz CT molecular complexity index is 529. The van der Waals surface area contributed by atoms with Crippen molar-refractivity contribution >= 4 is 27.5 Å². The third-order valence-corrected chi connectivity index (χ3v) is 3.10. The van der Waals surface area contributed by atoms with E-state index >= 15 is 0 Å². The average Bonchev–Trinajstić information content (AvgIpc) is 2.93. The summed E-state index contributed by atoms with van der Waals surface area (Å²) in [6, 6.07) is 7.38. The zero-order valence-corrected chi connectivity index (χ0v) is 11.9. The number of carbonyl (C=O) groups is 1. The SMILES string of the molecule is O=C(CCCCBr)Nc1cccc(-c2nn[nH]n2)c1. The molecule has 6 nitrogen and oxygen atoms in total. The van der Waals surface area contributed by atoms with E-state index in [-0.39, 0.29) is 5.91 Å². The number of anilines is 1. The Balaban J connectivity index is 1.97. The van der Waals surface area contributed by atoms with E-state index in [0.717, 1.165) is 29.4 Å². The normalized spacial score (nSPS) is 10.4. The highest BCUT2D eigenvalue weighted by Gasteiger charge is 2.06. The van der Waals surface area contributed by atoms with E-state index in [1.54, 1.807) is 0 Å². The van der Waals surface area contributed by atoms with Gasteiger partial charge in [-0.1, -0.05) is 28.1 Å². The molecular formula is C12H14BrN5O. The van der Waals surface area contributed by atoms with Gasteiger partial charge in [0.05, 0.1) is 0 Å². The van der Waals surface area contributed by atoms with Crippen LogP contribution in [0.15, 0.2) is 24.3 Å². The van der Waals surface area contributed by atoms with E-state index in [4.69, 9.17) is 0 Å². The Morgan fingerprint density at radius 1 is 1.37 bits per heavy atom. The van der Waals surface area contributed by atoms with Crippen molar-refractivity contribution in [2.75, 3.05) is 10.6 Å². The molecule has 0 saturated carbocycles. The first-order valence-electron chi connectivity index (χ1n) is 5.99. The topological polar surface area (TPSA) is 83.6 Å². The molecule has 0 atom stereocenters. The third kappa shape index (κ3) is 4.13. The number of benzene rings is 1. The molecule has 0 spiro atoms. The molecule has 1 aromatic carbocycles. The highest BCUT2D eigenvalue weighted by atomic mass is 79.9. The second kappa shape index (κ2) is 6.98. The van der Waals surface area contributed by atoms with Gasteiger partial charge in [0.15, 0.2) is 0 Å². The number of hydrogen-bond acceptors (Lipinski definition) is 4. The number of amides is 1. The summed E-state index contributed by atoms with van der Waals surface area (Å²) in [5.74, 6) is 0.529. The molecule has 1 amide bonds. The molecule has 0 bridgehead atoms. The molecule has 0 saturated heterocycles. The molecule has 7 heteroatoms. The Morgan fingerprint density at radius 2 is 2.26 bits per heavy atom. The van der Waals surface area contributed by atoms with Crippen molar-refractivity contribution in [1.29, 1.82) is 0 Å². The molecule has 0 fully saturated rings. The summed E-state index contributed by atoms with van der Waals surface area (Å²) in [4.78, 5) is 11.7. The Hall–Kier alpha value is -1.76. The smallest absolute Gasteiger partial charge is 0.224 e. The molecule has 0 aliphatic rings. The number of aromatic amines is 1. The minimum Gasteiger partial charge on any atom is -0.326 e. The highest BCUT2D eigenvalue weighted by Crippen LogP contribution is 2.18. The Kier molecular flexibility index (Phi) is 5.02. The fourth-order valence-electron chi connectivity index (χ4n) is 1.62. The van der Waals surface area contributed by atoms with Crippen molar-refractivity contribution < 1.29 is 4.79 Å². The minimum atomic E-state index is 0.0196. The summed E-state index contributed by atoms with van der Waals surface area (Å²) in [5.41, 5.74) is 1.55. The maximum absolute atomic E-state index is 11.7. The molecule has 1 aromatic heterocycles. The van der Waals surface area contributed by atoms with E-state index < -0.39 is 0 Å². The van der Waals surface area contributed by atoms with Crippen molar-refractivity contribution in [3.8, 4) is 11.4 Å². The summed E-state index contributed by atoms with van der Waals surface area (Å²) < 4.78 is 0. The number of rotatable bonds is 6. The first kappa shape index (κ1) is 13.7. The monoisotopic (exact) mass is 323 g/mol.